The molecule has 57 heavy (non-hydrogen) atoms. The fourth-order valence-electron chi connectivity index (χ4n) is 7.46. The molecule has 4 nitrogen and oxygen atoms in total. The zero-order valence-corrected chi connectivity index (χ0v) is 31.8. The van der Waals surface area contributed by atoms with Crippen LogP contribution in [0.5, 0.6) is 0 Å². The Labute approximate surface area is 337 Å². The summed E-state index contributed by atoms with van der Waals surface area (Å²) in [5.41, 5.74) is 11.2. The van der Waals surface area contributed by atoms with Gasteiger partial charge in [-0.1, -0.05) is 158 Å². The summed E-state index contributed by atoms with van der Waals surface area (Å²) in [6.07, 6.45) is 1.42. The number of thiophene rings is 1. The van der Waals surface area contributed by atoms with E-state index in [1.807, 2.05) is 12.1 Å². The van der Waals surface area contributed by atoms with Gasteiger partial charge in [-0.15, -0.1) is 11.3 Å². The van der Waals surface area contributed by atoms with E-state index in [-0.39, 0.29) is 17.4 Å². The molecule has 1 heterocycles. The van der Waals surface area contributed by atoms with Crippen LogP contribution in [0.2, 0.25) is 0 Å². The molecule has 7 aromatic carbocycles. The number of benzene rings is 7. The molecule has 0 radical (unpaired) electrons. The second kappa shape index (κ2) is 17.0. The number of carbonyl (C=O) groups is 1. The minimum absolute atomic E-state index is 0.0895. The van der Waals surface area contributed by atoms with E-state index in [1.165, 1.54) is 50.8 Å². The van der Waals surface area contributed by atoms with E-state index < -0.39 is 5.97 Å². The molecule has 0 saturated carbocycles. The van der Waals surface area contributed by atoms with Crippen molar-refractivity contribution in [3.05, 3.63) is 250 Å². The number of hydrogen-bond donors (Lipinski definition) is 1. The van der Waals surface area contributed by atoms with Gasteiger partial charge in [0.25, 0.3) is 0 Å². The van der Waals surface area contributed by atoms with Gasteiger partial charge in [-0.05, 0) is 93.6 Å². The average Bonchev–Trinajstić information content (AvgIpc) is 3.75. The molecule has 0 fully saturated rings. The largest absolute Gasteiger partial charge is 0.477 e. The van der Waals surface area contributed by atoms with Crippen molar-refractivity contribution < 1.29 is 9.90 Å². The maximum atomic E-state index is 11.4. The van der Waals surface area contributed by atoms with Gasteiger partial charge in [-0.2, -0.15) is 5.26 Å². The molecule has 8 rings (SSSR count). The minimum atomic E-state index is -1.23. The fourth-order valence-corrected chi connectivity index (χ4v) is 8.42. The Bertz CT molecular complexity index is 2430. The van der Waals surface area contributed by atoms with E-state index in [0.29, 0.717) is 4.88 Å². The average molecular weight is 755 g/mol. The summed E-state index contributed by atoms with van der Waals surface area (Å²) in [7, 11) is 0. The second-order valence-corrected chi connectivity index (χ2v) is 14.9. The van der Waals surface area contributed by atoms with E-state index in [1.54, 1.807) is 6.07 Å². The van der Waals surface area contributed by atoms with Crippen LogP contribution in [0.25, 0.3) is 16.5 Å². The number of aliphatic carboxylic acids is 1. The molecular weight excluding hydrogens is 717 g/mol. The molecule has 0 bridgehead atoms. The number of carboxylic acid groups (broad SMARTS) is 1. The van der Waals surface area contributed by atoms with Gasteiger partial charge in [0, 0.05) is 38.7 Å². The third kappa shape index (κ3) is 8.23. The normalized spacial score (nSPS) is 11.4. The van der Waals surface area contributed by atoms with E-state index in [2.05, 4.69) is 199 Å². The Balaban J connectivity index is 1.18. The number of nitrogens with zero attached hydrogens (tertiary/aromatic N) is 2. The van der Waals surface area contributed by atoms with Crippen LogP contribution in [0, 0.1) is 11.3 Å². The smallest absolute Gasteiger partial charge is 0.346 e. The number of nitriles is 1. The van der Waals surface area contributed by atoms with Crippen molar-refractivity contribution in [2.75, 3.05) is 4.90 Å². The van der Waals surface area contributed by atoms with Gasteiger partial charge in [0.2, 0.25) is 0 Å². The maximum Gasteiger partial charge on any atom is 0.346 e. The molecule has 0 amide bonds. The molecule has 0 aliphatic heterocycles. The van der Waals surface area contributed by atoms with Crippen molar-refractivity contribution in [1.29, 1.82) is 5.26 Å². The number of rotatable bonds is 12. The Hall–Kier alpha value is -7.26. The van der Waals surface area contributed by atoms with Crippen LogP contribution < -0.4 is 4.90 Å². The van der Waals surface area contributed by atoms with E-state index in [4.69, 9.17) is 0 Å². The van der Waals surface area contributed by atoms with Crippen LogP contribution in [0.4, 0.5) is 17.1 Å². The second-order valence-electron chi connectivity index (χ2n) is 13.8. The lowest BCUT2D eigenvalue weighted by Gasteiger charge is -2.27. The molecule has 0 aliphatic rings. The van der Waals surface area contributed by atoms with Crippen LogP contribution in [0.3, 0.4) is 0 Å². The molecule has 274 valence electrons. The predicted molar refractivity (Wildman–Crippen MR) is 233 cm³/mol. The Morgan fingerprint density at radius 1 is 0.491 bits per heavy atom. The summed E-state index contributed by atoms with van der Waals surface area (Å²) in [6.45, 7) is 0. The lowest BCUT2D eigenvalue weighted by Crippen LogP contribution is -2.11. The first kappa shape index (κ1) is 36.7. The maximum absolute atomic E-state index is 11.4. The highest BCUT2D eigenvalue weighted by Crippen LogP contribution is 2.40. The van der Waals surface area contributed by atoms with Gasteiger partial charge in [-0.3, -0.25) is 0 Å². The number of hydrogen-bond acceptors (Lipinski definition) is 4. The van der Waals surface area contributed by atoms with Crippen LogP contribution in [0.1, 0.15) is 50.1 Å². The molecule has 0 spiro atoms. The molecule has 8 aromatic rings. The zero-order valence-electron chi connectivity index (χ0n) is 31.0. The Morgan fingerprint density at radius 3 is 1.19 bits per heavy atom. The van der Waals surface area contributed by atoms with Crippen LogP contribution in [-0.4, -0.2) is 11.1 Å². The van der Waals surface area contributed by atoms with Gasteiger partial charge >= 0.3 is 5.97 Å². The molecule has 1 N–H and O–H groups in total. The Kier molecular flexibility index (Phi) is 11.0. The van der Waals surface area contributed by atoms with E-state index >= 15 is 0 Å². The molecule has 1 aromatic heterocycles. The van der Waals surface area contributed by atoms with Gasteiger partial charge in [0.15, 0.2) is 0 Å². The summed E-state index contributed by atoms with van der Waals surface area (Å²) < 4.78 is 0. The highest BCUT2D eigenvalue weighted by molar-refractivity contribution is 7.16. The SMILES string of the molecule is N#CC(=Cc1ccc(-c2ccc(N(c3ccc(C(c4ccccc4)c4ccccc4)cc3)c3ccc(C(c4ccccc4)c4ccccc4)cc3)cc2)s1)C(=O)O. The summed E-state index contributed by atoms with van der Waals surface area (Å²) >= 11 is 1.45. The van der Waals surface area contributed by atoms with E-state index in [9.17, 15) is 15.2 Å². The fraction of sp³-hybridized carbons (Fsp3) is 0.0385. The summed E-state index contributed by atoms with van der Waals surface area (Å²) in [4.78, 5) is 15.4. The third-order valence-corrected chi connectivity index (χ3v) is 11.3. The molecule has 0 atom stereocenters. The van der Waals surface area contributed by atoms with Crippen molar-refractivity contribution >= 4 is 40.4 Å². The summed E-state index contributed by atoms with van der Waals surface area (Å²) in [5.74, 6) is -1.05. The monoisotopic (exact) mass is 754 g/mol. The molecular formula is C52H38N2O2S. The summed E-state index contributed by atoms with van der Waals surface area (Å²) in [6, 6.07) is 74.4. The Morgan fingerprint density at radius 2 is 0.842 bits per heavy atom. The first-order chi connectivity index (χ1) is 28.1. The lowest BCUT2D eigenvalue weighted by molar-refractivity contribution is -0.132. The molecule has 0 aliphatic carbocycles. The van der Waals surface area contributed by atoms with Crippen LogP contribution >= 0.6 is 11.3 Å². The van der Waals surface area contributed by atoms with Crippen molar-refractivity contribution in [3.63, 3.8) is 0 Å². The van der Waals surface area contributed by atoms with Gasteiger partial charge in [0.1, 0.15) is 11.6 Å². The zero-order chi connectivity index (χ0) is 39.0. The highest BCUT2D eigenvalue weighted by atomic mass is 32.1. The molecule has 0 saturated heterocycles. The van der Waals surface area contributed by atoms with Crippen molar-refractivity contribution in [2.45, 2.75) is 11.8 Å². The van der Waals surface area contributed by atoms with Crippen LogP contribution in [-0.2, 0) is 4.79 Å². The van der Waals surface area contributed by atoms with Crippen LogP contribution in [0.15, 0.2) is 212 Å². The van der Waals surface area contributed by atoms with Gasteiger partial charge < -0.3 is 10.0 Å². The topological polar surface area (TPSA) is 64.3 Å². The third-order valence-electron chi connectivity index (χ3n) is 10.2. The van der Waals surface area contributed by atoms with Crippen molar-refractivity contribution in [1.82, 2.24) is 0 Å². The van der Waals surface area contributed by atoms with Gasteiger partial charge in [0.05, 0.1) is 0 Å². The first-order valence-electron chi connectivity index (χ1n) is 18.8. The first-order valence-corrected chi connectivity index (χ1v) is 19.6. The molecule has 0 unspecified atom stereocenters. The highest BCUT2D eigenvalue weighted by Gasteiger charge is 2.21. The number of carboxylic acids is 1. The molecule has 5 heteroatoms. The summed E-state index contributed by atoms with van der Waals surface area (Å²) in [5, 5.41) is 18.6. The predicted octanol–water partition coefficient (Wildman–Crippen LogP) is 13.2. The quantitative estimate of drug-likeness (QED) is 0.0766. The standard InChI is InChI=1S/C52H38N2O2S/c53-36-44(52(55)56)35-48-33-34-49(57-48)37-21-27-45(28-22-37)54(46-29-23-42(24-30-46)50(38-13-5-1-6-14-38)39-15-7-2-8-16-39)47-31-25-43(26-32-47)51(40-17-9-3-10-18-40)41-19-11-4-12-20-41/h1-35,50-51H,(H,55,56). The van der Waals surface area contributed by atoms with E-state index in [0.717, 1.165) is 27.5 Å². The van der Waals surface area contributed by atoms with Crippen molar-refractivity contribution in [2.24, 2.45) is 0 Å². The minimum Gasteiger partial charge on any atom is -0.477 e. The van der Waals surface area contributed by atoms with Gasteiger partial charge in [-0.25, -0.2) is 4.79 Å². The van der Waals surface area contributed by atoms with Crippen molar-refractivity contribution in [3.8, 4) is 16.5 Å². The lowest BCUT2D eigenvalue weighted by atomic mass is 9.85. The number of anilines is 3.